The smallest absolute Gasteiger partial charge is 0.254 e. The highest BCUT2D eigenvalue weighted by Gasteiger charge is 2.26. The molecule has 0 bridgehead atoms. The number of hydrogen-bond acceptors (Lipinski definition) is 2. The van der Waals surface area contributed by atoms with E-state index in [-0.39, 0.29) is 18.3 Å². The van der Waals surface area contributed by atoms with Crippen LogP contribution in [0.15, 0.2) is 54.6 Å². The van der Waals surface area contributed by atoms with Gasteiger partial charge in [-0.1, -0.05) is 49.4 Å². The Labute approximate surface area is 150 Å². The van der Waals surface area contributed by atoms with Crippen molar-refractivity contribution in [2.24, 2.45) is 0 Å². The molecule has 1 heterocycles. The van der Waals surface area contributed by atoms with Gasteiger partial charge >= 0.3 is 0 Å². The maximum absolute atomic E-state index is 12.9. The Morgan fingerprint density at radius 3 is 2.33 bits per heavy atom. The van der Waals surface area contributed by atoms with Gasteiger partial charge in [-0.05, 0) is 42.6 Å². The van der Waals surface area contributed by atoms with Crippen molar-refractivity contribution >= 4 is 18.3 Å². The second kappa shape index (κ2) is 8.86. The Balaban J connectivity index is 0.00000208. The van der Waals surface area contributed by atoms with E-state index in [2.05, 4.69) is 24.4 Å². The number of carbonyl (C=O) groups is 1. The molecular formula is C20H25ClN2O. The Bertz CT molecular complexity index is 636. The molecule has 1 saturated heterocycles. The third-order valence-corrected chi connectivity index (χ3v) is 4.44. The van der Waals surface area contributed by atoms with Crippen molar-refractivity contribution in [3.05, 3.63) is 60.2 Å². The molecule has 1 atom stereocenters. The molecule has 1 aliphatic rings. The highest BCUT2D eigenvalue weighted by atomic mass is 35.5. The third kappa shape index (κ3) is 4.16. The molecule has 3 nitrogen and oxygen atoms in total. The van der Waals surface area contributed by atoms with Crippen molar-refractivity contribution in [3.8, 4) is 11.1 Å². The molecule has 2 aromatic carbocycles. The van der Waals surface area contributed by atoms with Gasteiger partial charge in [-0.25, -0.2) is 0 Å². The summed E-state index contributed by atoms with van der Waals surface area (Å²) >= 11 is 0. The van der Waals surface area contributed by atoms with Crippen molar-refractivity contribution in [1.82, 2.24) is 10.2 Å². The zero-order chi connectivity index (χ0) is 16.1. The van der Waals surface area contributed by atoms with E-state index in [1.807, 2.05) is 47.4 Å². The van der Waals surface area contributed by atoms with Crippen LogP contribution in [0.5, 0.6) is 0 Å². The van der Waals surface area contributed by atoms with Crippen LogP contribution in [0.4, 0.5) is 0 Å². The van der Waals surface area contributed by atoms with Gasteiger partial charge in [-0.15, -0.1) is 12.4 Å². The molecular weight excluding hydrogens is 320 g/mol. The summed E-state index contributed by atoms with van der Waals surface area (Å²) in [6.07, 6.45) is 2.04. The number of halogens is 1. The van der Waals surface area contributed by atoms with Gasteiger partial charge in [-0.2, -0.15) is 0 Å². The average Bonchev–Trinajstić information content (AvgIpc) is 3.14. The molecule has 0 radical (unpaired) electrons. The van der Waals surface area contributed by atoms with Crippen LogP contribution in [0.2, 0.25) is 0 Å². The van der Waals surface area contributed by atoms with Gasteiger partial charge < -0.3 is 10.2 Å². The molecule has 1 amide bonds. The number of nitrogens with zero attached hydrogens (tertiary/aromatic N) is 1. The van der Waals surface area contributed by atoms with Gasteiger partial charge in [-0.3, -0.25) is 4.79 Å². The van der Waals surface area contributed by atoms with E-state index >= 15 is 0 Å². The molecule has 0 aromatic heterocycles. The molecule has 0 spiro atoms. The monoisotopic (exact) mass is 344 g/mol. The van der Waals surface area contributed by atoms with E-state index < -0.39 is 0 Å². The largest absolute Gasteiger partial charge is 0.334 e. The number of carbonyl (C=O) groups excluding carboxylic acids is 1. The van der Waals surface area contributed by atoms with Crippen LogP contribution in [0.25, 0.3) is 11.1 Å². The third-order valence-electron chi connectivity index (χ3n) is 4.44. The number of benzene rings is 2. The summed E-state index contributed by atoms with van der Waals surface area (Å²) in [5.74, 6) is 0.153. The molecule has 0 aliphatic carbocycles. The quantitative estimate of drug-likeness (QED) is 0.889. The lowest BCUT2D eigenvalue weighted by Crippen LogP contribution is -2.42. The fraction of sp³-hybridized carbons (Fsp3) is 0.350. The number of hydrogen-bond donors (Lipinski definition) is 1. The first-order chi connectivity index (χ1) is 11.3. The van der Waals surface area contributed by atoms with Crippen LogP contribution in [0, 0.1) is 0 Å². The van der Waals surface area contributed by atoms with Crippen LogP contribution in [-0.4, -0.2) is 36.5 Å². The van der Waals surface area contributed by atoms with Crippen molar-refractivity contribution in [1.29, 1.82) is 0 Å². The van der Waals surface area contributed by atoms with Crippen molar-refractivity contribution in [2.75, 3.05) is 19.6 Å². The summed E-state index contributed by atoms with van der Waals surface area (Å²) in [7, 11) is 0. The van der Waals surface area contributed by atoms with E-state index in [1.54, 1.807) is 0 Å². The fourth-order valence-corrected chi connectivity index (χ4v) is 3.20. The predicted molar refractivity (Wildman–Crippen MR) is 102 cm³/mol. The van der Waals surface area contributed by atoms with Gasteiger partial charge in [0.2, 0.25) is 0 Å². The maximum atomic E-state index is 12.9. The molecule has 0 saturated carbocycles. The van der Waals surface area contributed by atoms with Crippen molar-refractivity contribution in [3.63, 3.8) is 0 Å². The molecule has 1 N–H and O–H groups in total. The van der Waals surface area contributed by atoms with Gasteiger partial charge in [0, 0.05) is 24.7 Å². The minimum atomic E-state index is 0. The molecule has 1 aliphatic heterocycles. The Morgan fingerprint density at radius 1 is 1.08 bits per heavy atom. The van der Waals surface area contributed by atoms with Crippen LogP contribution in [0.3, 0.4) is 0 Å². The van der Waals surface area contributed by atoms with Crippen molar-refractivity contribution in [2.45, 2.75) is 25.8 Å². The summed E-state index contributed by atoms with van der Waals surface area (Å²) in [5.41, 5.74) is 3.11. The van der Waals surface area contributed by atoms with E-state index in [4.69, 9.17) is 0 Å². The highest BCUT2D eigenvalue weighted by molar-refractivity contribution is 5.95. The lowest BCUT2D eigenvalue weighted by Gasteiger charge is -2.28. The molecule has 1 unspecified atom stereocenters. The van der Waals surface area contributed by atoms with E-state index in [0.29, 0.717) is 6.04 Å². The summed E-state index contributed by atoms with van der Waals surface area (Å²) < 4.78 is 0. The Morgan fingerprint density at radius 2 is 1.75 bits per heavy atom. The molecule has 4 heteroatoms. The summed E-state index contributed by atoms with van der Waals surface area (Å²) in [6.45, 7) is 4.87. The van der Waals surface area contributed by atoms with Crippen LogP contribution in [0.1, 0.15) is 30.1 Å². The molecule has 2 aromatic rings. The first-order valence-electron chi connectivity index (χ1n) is 8.46. The van der Waals surface area contributed by atoms with Crippen LogP contribution >= 0.6 is 12.4 Å². The summed E-state index contributed by atoms with van der Waals surface area (Å²) in [5, 5.41) is 3.35. The fourth-order valence-electron chi connectivity index (χ4n) is 3.20. The second-order valence-corrected chi connectivity index (χ2v) is 6.09. The molecule has 3 rings (SSSR count). The zero-order valence-corrected chi connectivity index (χ0v) is 14.9. The molecule has 24 heavy (non-hydrogen) atoms. The minimum Gasteiger partial charge on any atom is -0.334 e. The lowest BCUT2D eigenvalue weighted by molar-refractivity contribution is 0.0692. The van der Waals surface area contributed by atoms with Gasteiger partial charge in [0.15, 0.2) is 0 Å². The van der Waals surface area contributed by atoms with Crippen LogP contribution < -0.4 is 5.32 Å². The number of amides is 1. The Hall–Kier alpha value is -1.84. The van der Waals surface area contributed by atoms with Gasteiger partial charge in [0.25, 0.3) is 5.91 Å². The average molecular weight is 345 g/mol. The normalized spacial score (nSPS) is 16.5. The second-order valence-electron chi connectivity index (χ2n) is 6.09. The van der Waals surface area contributed by atoms with Crippen LogP contribution in [-0.2, 0) is 0 Å². The first kappa shape index (κ1) is 18.5. The van der Waals surface area contributed by atoms with Crippen molar-refractivity contribution < 1.29 is 4.79 Å². The van der Waals surface area contributed by atoms with E-state index in [9.17, 15) is 4.79 Å². The lowest BCUT2D eigenvalue weighted by atomic mass is 10.0. The van der Waals surface area contributed by atoms with Gasteiger partial charge in [0.05, 0.1) is 0 Å². The van der Waals surface area contributed by atoms with E-state index in [0.717, 1.165) is 43.6 Å². The predicted octanol–water partition coefficient (Wildman–Crippen LogP) is 3.99. The summed E-state index contributed by atoms with van der Waals surface area (Å²) in [4.78, 5) is 14.9. The molecule has 1 fully saturated rings. The minimum absolute atomic E-state index is 0. The Kier molecular flexibility index (Phi) is 6.83. The molecule has 128 valence electrons. The van der Waals surface area contributed by atoms with Gasteiger partial charge in [0.1, 0.15) is 0 Å². The number of rotatable bonds is 5. The highest BCUT2D eigenvalue weighted by Crippen LogP contribution is 2.21. The SMILES string of the molecule is CCCN(C(=O)c1ccc(-c2ccccc2)cc1)C1CCNC1.Cl. The summed E-state index contributed by atoms with van der Waals surface area (Å²) in [6, 6.07) is 18.6. The number of nitrogens with one attached hydrogen (secondary N) is 1. The standard InChI is InChI=1S/C20H24N2O.ClH/c1-2-14-22(19-12-13-21-15-19)20(23)18-10-8-17(9-11-18)16-6-4-3-5-7-16;/h3-11,19,21H,2,12-15H2,1H3;1H. The zero-order valence-electron chi connectivity index (χ0n) is 14.1. The van der Waals surface area contributed by atoms with E-state index in [1.165, 1.54) is 5.56 Å². The topological polar surface area (TPSA) is 32.3 Å². The maximum Gasteiger partial charge on any atom is 0.254 e. The first-order valence-corrected chi connectivity index (χ1v) is 8.46.